The molecule has 2 N–H and O–H groups in total. The Hall–Kier alpha value is -2.77. The molecule has 0 aliphatic rings. The standard InChI is InChI=1S/C20H21Cl2N3O4/c1-28-17-6-3-13(9-18(17)29-2)7-8-23-19(26)11-20(27)25-24-12-14-4-5-15(21)10-16(14)22/h3-6,9-10,12H,7-8,11H2,1-2H3,(H,23,26)(H,25,27)/b24-12-. The van der Waals surface area contributed by atoms with Gasteiger partial charge in [0.25, 0.3) is 0 Å². The van der Waals surface area contributed by atoms with Crippen molar-refractivity contribution in [3.63, 3.8) is 0 Å². The zero-order valence-corrected chi connectivity index (χ0v) is 17.5. The van der Waals surface area contributed by atoms with E-state index < -0.39 is 11.8 Å². The molecule has 29 heavy (non-hydrogen) atoms. The van der Waals surface area contributed by atoms with Gasteiger partial charge in [-0.05, 0) is 36.2 Å². The van der Waals surface area contributed by atoms with Crippen molar-refractivity contribution in [2.45, 2.75) is 12.8 Å². The fraction of sp³-hybridized carbons (Fsp3) is 0.250. The molecule has 0 heterocycles. The van der Waals surface area contributed by atoms with E-state index in [0.717, 1.165) is 5.56 Å². The topological polar surface area (TPSA) is 89.0 Å². The van der Waals surface area contributed by atoms with Gasteiger partial charge in [-0.3, -0.25) is 9.59 Å². The molecular formula is C20H21Cl2N3O4. The van der Waals surface area contributed by atoms with Crippen molar-refractivity contribution in [3.05, 3.63) is 57.6 Å². The smallest absolute Gasteiger partial charge is 0.249 e. The SMILES string of the molecule is COc1ccc(CCNC(=O)CC(=O)N/N=C\c2ccc(Cl)cc2Cl)cc1OC. The van der Waals surface area contributed by atoms with Gasteiger partial charge in [0, 0.05) is 17.1 Å². The highest BCUT2D eigenvalue weighted by Gasteiger charge is 2.09. The Bertz CT molecular complexity index is 903. The summed E-state index contributed by atoms with van der Waals surface area (Å²) in [7, 11) is 3.13. The van der Waals surface area contributed by atoms with E-state index in [1.54, 1.807) is 38.5 Å². The van der Waals surface area contributed by atoms with Gasteiger partial charge in [0.05, 0.1) is 25.5 Å². The molecule has 0 radical (unpaired) electrons. The van der Waals surface area contributed by atoms with Crippen LogP contribution in [0.2, 0.25) is 10.0 Å². The highest BCUT2D eigenvalue weighted by molar-refractivity contribution is 6.36. The highest BCUT2D eigenvalue weighted by Crippen LogP contribution is 2.27. The van der Waals surface area contributed by atoms with Crippen LogP contribution in [-0.4, -0.2) is 38.8 Å². The van der Waals surface area contributed by atoms with E-state index in [2.05, 4.69) is 15.8 Å². The molecule has 0 saturated heterocycles. The number of nitrogens with one attached hydrogen (secondary N) is 2. The molecule has 0 saturated carbocycles. The van der Waals surface area contributed by atoms with Crippen LogP contribution in [0, 0.1) is 0 Å². The number of carbonyl (C=O) groups excluding carboxylic acids is 2. The van der Waals surface area contributed by atoms with Gasteiger partial charge in [0.15, 0.2) is 11.5 Å². The normalized spacial score (nSPS) is 10.6. The number of carbonyl (C=O) groups is 2. The lowest BCUT2D eigenvalue weighted by Gasteiger charge is -2.10. The predicted molar refractivity (Wildman–Crippen MR) is 113 cm³/mol. The highest BCUT2D eigenvalue weighted by atomic mass is 35.5. The maximum atomic E-state index is 11.9. The van der Waals surface area contributed by atoms with Crippen LogP contribution in [0.3, 0.4) is 0 Å². The second-order valence-electron chi connectivity index (χ2n) is 5.93. The zero-order valence-electron chi connectivity index (χ0n) is 16.0. The predicted octanol–water partition coefficient (Wildman–Crippen LogP) is 3.21. The lowest BCUT2D eigenvalue weighted by atomic mass is 10.1. The maximum Gasteiger partial charge on any atom is 0.249 e. The maximum absolute atomic E-state index is 11.9. The number of methoxy groups -OCH3 is 2. The summed E-state index contributed by atoms with van der Waals surface area (Å²) < 4.78 is 10.4. The third-order valence-corrected chi connectivity index (χ3v) is 4.42. The summed E-state index contributed by atoms with van der Waals surface area (Å²) in [5.74, 6) is 0.324. The fourth-order valence-electron chi connectivity index (χ4n) is 2.41. The molecule has 9 heteroatoms. The summed E-state index contributed by atoms with van der Waals surface area (Å²) in [6.45, 7) is 0.380. The molecule has 0 aliphatic heterocycles. The van der Waals surface area contributed by atoms with Crippen molar-refractivity contribution in [1.29, 1.82) is 0 Å². The van der Waals surface area contributed by atoms with Crippen molar-refractivity contribution in [1.82, 2.24) is 10.7 Å². The lowest BCUT2D eigenvalue weighted by Crippen LogP contribution is -2.31. The van der Waals surface area contributed by atoms with Gasteiger partial charge in [0.2, 0.25) is 11.8 Å². The first-order valence-corrected chi connectivity index (χ1v) is 9.43. The van der Waals surface area contributed by atoms with Crippen molar-refractivity contribution >= 4 is 41.2 Å². The minimum Gasteiger partial charge on any atom is -0.493 e. The molecule has 0 fully saturated rings. The zero-order chi connectivity index (χ0) is 21.2. The number of benzene rings is 2. The van der Waals surface area contributed by atoms with E-state index in [0.29, 0.717) is 40.1 Å². The third kappa shape index (κ3) is 7.29. The Morgan fingerprint density at radius 3 is 2.48 bits per heavy atom. The third-order valence-electron chi connectivity index (χ3n) is 3.86. The molecule has 0 spiro atoms. The molecule has 2 aromatic carbocycles. The molecule has 0 aromatic heterocycles. The second-order valence-corrected chi connectivity index (χ2v) is 6.77. The molecule has 0 atom stereocenters. The van der Waals surface area contributed by atoms with Gasteiger partial charge in [-0.15, -0.1) is 0 Å². The number of hydrogen-bond donors (Lipinski definition) is 2. The molecule has 2 amide bonds. The first-order valence-electron chi connectivity index (χ1n) is 8.67. The first-order chi connectivity index (χ1) is 13.9. The number of ether oxygens (including phenoxy) is 2. The molecule has 0 bridgehead atoms. The van der Waals surface area contributed by atoms with E-state index in [-0.39, 0.29) is 6.42 Å². The van der Waals surface area contributed by atoms with Crippen LogP contribution in [-0.2, 0) is 16.0 Å². The monoisotopic (exact) mass is 437 g/mol. The van der Waals surface area contributed by atoms with Gasteiger partial charge in [-0.25, -0.2) is 5.43 Å². The Morgan fingerprint density at radius 1 is 1.03 bits per heavy atom. The van der Waals surface area contributed by atoms with Crippen molar-refractivity contribution in [2.75, 3.05) is 20.8 Å². The average Bonchev–Trinajstić information content (AvgIpc) is 2.69. The van der Waals surface area contributed by atoms with Gasteiger partial charge in [0.1, 0.15) is 6.42 Å². The van der Waals surface area contributed by atoms with Gasteiger partial charge >= 0.3 is 0 Å². The minimum absolute atomic E-state index is 0.336. The Labute approximate surface area is 179 Å². The van der Waals surface area contributed by atoms with Crippen molar-refractivity contribution in [2.24, 2.45) is 5.10 Å². The van der Waals surface area contributed by atoms with E-state index in [9.17, 15) is 9.59 Å². The average molecular weight is 438 g/mol. The van der Waals surface area contributed by atoms with Crippen LogP contribution in [0.1, 0.15) is 17.5 Å². The number of halogens is 2. The number of amides is 2. The van der Waals surface area contributed by atoms with Gasteiger partial charge in [-0.2, -0.15) is 5.10 Å². The Balaban J connectivity index is 1.74. The summed E-state index contributed by atoms with van der Waals surface area (Å²) in [5, 5.41) is 7.39. The van der Waals surface area contributed by atoms with Crippen molar-refractivity contribution in [3.8, 4) is 11.5 Å². The fourth-order valence-corrected chi connectivity index (χ4v) is 2.87. The summed E-state index contributed by atoms with van der Waals surface area (Å²) in [5.41, 5.74) is 3.85. The van der Waals surface area contributed by atoms with Crippen LogP contribution in [0.15, 0.2) is 41.5 Å². The summed E-state index contributed by atoms with van der Waals surface area (Å²) in [6.07, 6.45) is 1.63. The molecule has 0 unspecified atom stereocenters. The minimum atomic E-state index is -0.532. The summed E-state index contributed by atoms with van der Waals surface area (Å²) in [4.78, 5) is 23.7. The second kappa shape index (κ2) is 11.3. The van der Waals surface area contributed by atoms with Crippen LogP contribution < -0.4 is 20.2 Å². The van der Waals surface area contributed by atoms with Gasteiger partial charge in [-0.1, -0.05) is 35.3 Å². The molecular weight excluding hydrogens is 417 g/mol. The van der Waals surface area contributed by atoms with E-state index in [1.807, 2.05) is 12.1 Å². The van der Waals surface area contributed by atoms with E-state index >= 15 is 0 Å². The number of hydrazone groups is 1. The first kappa shape index (κ1) is 22.5. The van der Waals surface area contributed by atoms with Crippen LogP contribution in [0.5, 0.6) is 11.5 Å². The number of hydrogen-bond acceptors (Lipinski definition) is 5. The van der Waals surface area contributed by atoms with Crippen molar-refractivity contribution < 1.29 is 19.1 Å². The lowest BCUT2D eigenvalue weighted by molar-refractivity contribution is -0.129. The number of rotatable bonds is 9. The Kier molecular flexibility index (Phi) is 8.76. The Morgan fingerprint density at radius 2 is 1.79 bits per heavy atom. The molecule has 2 aromatic rings. The largest absolute Gasteiger partial charge is 0.493 e. The summed E-state index contributed by atoms with van der Waals surface area (Å²) >= 11 is 11.8. The molecule has 154 valence electrons. The molecule has 0 aliphatic carbocycles. The van der Waals surface area contributed by atoms with Crippen LogP contribution in [0.4, 0.5) is 0 Å². The number of nitrogens with zero attached hydrogens (tertiary/aromatic N) is 1. The van der Waals surface area contributed by atoms with Gasteiger partial charge < -0.3 is 14.8 Å². The summed E-state index contributed by atoms with van der Waals surface area (Å²) in [6, 6.07) is 10.4. The van der Waals surface area contributed by atoms with Crippen LogP contribution in [0.25, 0.3) is 0 Å². The quantitative estimate of drug-likeness (QED) is 0.358. The molecule has 2 rings (SSSR count). The molecule has 7 nitrogen and oxygen atoms in total. The van der Waals surface area contributed by atoms with E-state index in [1.165, 1.54) is 6.21 Å². The van der Waals surface area contributed by atoms with E-state index in [4.69, 9.17) is 32.7 Å². The van der Waals surface area contributed by atoms with Crippen LogP contribution >= 0.6 is 23.2 Å².